The average molecular weight is 506 g/mol. The molecule has 0 radical (unpaired) electrons. The molecule has 2 aromatic carbocycles. The smallest absolute Gasteiger partial charge is 0.409 e. The summed E-state index contributed by atoms with van der Waals surface area (Å²) in [6.07, 6.45) is 2.31. The molecule has 3 N–H and O–H groups in total. The fourth-order valence-corrected chi connectivity index (χ4v) is 6.05. The molecule has 2 amide bonds. The van der Waals surface area contributed by atoms with Crippen LogP contribution in [0.3, 0.4) is 0 Å². The van der Waals surface area contributed by atoms with E-state index < -0.39 is 6.09 Å². The number of amides is 2. The quantitative estimate of drug-likeness (QED) is 0.285. The highest BCUT2D eigenvalue weighted by Crippen LogP contribution is 2.42. The fourth-order valence-electron chi connectivity index (χ4n) is 4.41. The largest absolute Gasteiger partial charge is 0.465 e. The third-order valence-corrected chi connectivity index (χ3v) is 8.10. The summed E-state index contributed by atoms with van der Waals surface area (Å²) in [6.45, 7) is 1.34. The summed E-state index contributed by atoms with van der Waals surface area (Å²) in [7, 11) is 0. The van der Waals surface area contributed by atoms with Crippen molar-refractivity contribution in [2.24, 2.45) is 0 Å². The molecule has 0 atom stereocenters. The van der Waals surface area contributed by atoms with Crippen LogP contribution >= 0.6 is 22.7 Å². The van der Waals surface area contributed by atoms with Crippen molar-refractivity contribution in [3.05, 3.63) is 87.7 Å². The van der Waals surface area contributed by atoms with Crippen LogP contribution in [0.5, 0.6) is 0 Å². The van der Waals surface area contributed by atoms with Gasteiger partial charge in [0.2, 0.25) is 0 Å². The van der Waals surface area contributed by atoms with E-state index >= 15 is 0 Å². The Hall–Kier alpha value is -3.53. The average Bonchev–Trinajstić information content (AvgIpc) is 3.60. The number of carbonyl (C=O) groups excluding carboxylic acids is 1. The molecular formula is C26H23N3O4S2. The summed E-state index contributed by atoms with van der Waals surface area (Å²) >= 11 is 3.21. The first-order valence-corrected chi connectivity index (χ1v) is 12.9. The second-order valence-corrected chi connectivity index (χ2v) is 10.1. The summed E-state index contributed by atoms with van der Waals surface area (Å²) in [4.78, 5) is 30.0. The Bertz CT molecular complexity index is 1310. The van der Waals surface area contributed by atoms with Gasteiger partial charge in [-0.15, -0.1) is 22.7 Å². The van der Waals surface area contributed by atoms with Gasteiger partial charge in [0.05, 0.1) is 16.8 Å². The molecule has 0 spiro atoms. The van der Waals surface area contributed by atoms with Crippen LogP contribution in [0.4, 0.5) is 16.2 Å². The predicted molar refractivity (Wildman–Crippen MR) is 139 cm³/mol. The van der Waals surface area contributed by atoms with Crippen molar-refractivity contribution in [1.82, 2.24) is 4.98 Å². The topological polar surface area (TPSA) is 101 Å². The lowest BCUT2D eigenvalue weighted by Gasteiger charge is -2.36. The van der Waals surface area contributed by atoms with Gasteiger partial charge in [0.25, 0.3) is 5.91 Å². The van der Waals surface area contributed by atoms with E-state index in [0.29, 0.717) is 30.2 Å². The third kappa shape index (κ3) is 4.84. The molecule has 1 saturated heterocycles. The van der Waals surface area contributed by atoms with Gasteiger partial charge in [-0.05, 0) is 59.7 Å². The minimum absolute atomic E-state index is 0.213. The van der Waals surface area contributed by atoms with E-state index in [1.54, 1.807) is 34.8 Å². The molecule has 7 nitrogen and oxygen atoms in total. The van der Waals surface area contributed by atoms with E-state index in [2.05, 4.69) is 15.6 Å². The standard InChI is InChI=1S/C26H23N3O4S2/c30-23(28-21-16-18(22-2-1-14-34-22)5-8-20(21)29-25(31)32)17-3-6-19(7-4-17)26(9-12-33-13-10-26)24-27-11-15-35-24/h1-8,11,14-16,29H,9-10,12-13H2,(H,28,30)(H,31,32). The van der Waals surface area contributed by atoms with E-state index in [-0.39, 0.29) is 11.3 Å². The van der Waals surface area contributed by atoms with Gasteiger partial charge in [-0.1, -0.05) is 24.3 Å². The van der Waals surface area contributed by atoms with Crippen LogP contribution in [0.25, 0.3) is 10.4 Å². The lowest BCUT2D eigenvalue weighted by Crippen LogP contribution is -2.35. The van der Waals surface area contributed by atoms with Crippen molar-refractivity contribution in [2.45, 2.75) is 18.3 Å². The van der Waals surface area contributed by atoms with Crippen molar-refractivity contribution in [3.63, 3.8) is 0 Å². The number of ether oxygens (including phenoxy) is 1. The number of benzene rings is 2. The van der Waals surface area contributed by atoms with Gasteiger partial charge in [-0.3, -0.25) is 10.1 Å². The molecule has 4 aromatic rings. The van der Waals surface area contributed by atoms with Gasteiger partial charge >= 0.3 is 6.09 Å². The number of hydrogen-bond acceptors (Lipinski definition) is 6. The van der Waals surface area contributed by atoms with Crippen LogP contribution < -0.4 is 10.6 Å². The maximum atomic E-state index is 13.1. The van der Waals surface area contributed by atoms with Crippen LogP contribution in [0.2, 0.25) is 0 Å². The Balaban J connectivity index is 1.41. The zero-order valence-electron chi connectivity index (χ0n) is 18.7. The first kappa shape index (κ1) is 23.2. The molecule has 5 rings (SSSR count). The fraction of sp³-hybridized carbons (Fsp3) is 0.192. The second-order valence-electron chi connectivity index (χ2n) is 8.23. The van der Waals surface area contributed by atoms with E-state index in [1.807, 2.05) is 59.4 Å². The number of aromatic nitrogens is 1. The van der Waals surface area contributed by atoms with Crippen molar-refractivity contribution >= 4 is 46.0 Å². The monoisotopic (exact) mass is 505 g/mol. The SMILES string of the molecule is O=C(O)Nc1ccc(-c2cccs2)cc1NC(=O)c1ccc(C2(c3nccs3)CCOCC2)cc1. The summed E-state index contributed by atoms with van der Waals surface area (Å²) in [5, 5.41) is 19.5. The Morgan fingerprint density at radius 1 is 0.943 bits per heavy atom. The van der Waals surface area contributed by atoms with Gasteiger partial charge in [-0.25, -0.2) is 9.78 Å². The lowest BCUT2D eigenvalue weighted by atomic mass is 9.74. The first-order chi connectivity index (χ1) is 17.0. The van der Waals surface area contributed by atoms with Crippen molar-refractivity contribution in [2.75, 3.05) is 23.8 Å². The van der Waals surface area contributed by atoms with Crippen LogP contribution in [0.1, 0.15) is 33.8 Å². The van der Waals surface area contributed by atoms with Gasteiger partial charge in [-0.2, -0.15) is 0 Å². The van der Waals surface area contributed by atoms with Gasteiger partial charge in [0.15, 0.2) is 0 Å². The van der Waals surface area contributed by atoms with Crippen molar-refractivity contribution in [3.8, 4) is 10.4 Å². The van der Waals surface area contributed by atoms with E-state index in [4.69, 9.17) is 4.74 Å². The highest BCUT2D eigenvalue weighted by atomic mass is 32.1. The Kier molecular flexibility index (Phi) is 6.63. The van der Waals surface area contributed by atoms with E-state index in [1.165, 1.54) is 0 Å². The molecule has 3 heterocycles. The number of carboxylic acid groups (broad SMARTS) is 1. The van der Waals surface area contributed by atoms with Crippen molar-refractivity contribution in [1.29, 1.82) is 0 Å². The van der Waals surface area contributed by atoms with Crippen LogP contribution in [-0.4, -0.2) is 35.3 Å². The van der Waals surface area contributed by atoms with Crippen LogP contribution in [0.15, 0.2) is 71.6 Å². The maximum Gasteiger partial charge on any atom is 0.409 e. The number of rotatable bonds is 6. The minimum atomic E-state index is -1.20. The normalized spacial score (nSPS) is 14.9. The summed E-state index contributed by atoms with van der Waals surface area (Å²) in [6, 6.07) is 16.8. The van der Waals surface area contributed by atoms with Gasteiger partial charge < -0.3 is 15.2 Å². The molecule has 1 aliphatic rings. The van der Waals surface area contributed by atoms with E-state index in [0.717, 1.165) is 33.9 Å². The molecule has 9 heteroatoms. The molecule has 0 aliphatic carbocycles. The number of thiazole rings is 1. The number of hydrogen-bond donors (Lipinski definition) is 3. The first-order valence-electron chi connectivity index (χ1n) is 11.1. The highest BCUT2D eigenvalue weighted by Gasteiger charge is 2.38. The molecule has 35 heavy (non-hydrogen) atoms. The number of carbonyl (C=O) groups is 2. The second kappa shape index (κ2) is 9.99. The number of anilines is 2. The molecular weight excluding hydrogens is 482 g/mol. The zero-order chi connectivity index (χ0) is 24.3. The predicted octanol–water partition coefficient (Wildman–Crippen LogP) is 6.31. The minimum Gasteiger partial charge on any atom is -0.465 e. The maximum absolute atomic E-state index is 13.1. The lowest BCUT2D eigenvalue weighted by molar-refractivity contribution is 0.0630. The van der Waals surface area contributed by atoms with E-state index in [9.17, 15) is 14.7 Å². The Morgan fingerprint density at radius 2 is 1.74 bits per heavy atom. The zero-order valence-corrected chi connectivity index (χ0v) is 20.3. The van der Waals surface area contributed by atoms with Crippen LogP contribution in [-0.2, 0) is 10.2 Å². The number of thiophene rings is 1. The van der Waals surface area contributed by atoms with Crippen molar-refractivity contribution < 1.29 is 19.4 Å². The number of nitrogens with one attached hydrogen (secondary N) is 2. The summed E-state index contributed by atoms with van der Waals surface area (Å²) in [5.41, 5.74) is 2.99. The molecule has 178 valence electrons. The molecule has 0 saturated carbocycles. The summed E-state index contributed by atoms with van der Waals surface area (Å²) in [5.74, 6) is -0.316. The molecule has 2 aromatic heterocycles. The summed E-state index contributed by atoms with van der Waals surface area (Å²) < 4.78 is 5.61. The molecule has 0 bridgehead atoms. The third-order valence-electron chi connectivity index (χ3n) is 6.20. The van der Waals surface area contributed by atoms with Gasteiger partial charge in [0.1, 0.15) is 5.01 Å². The highest BCUT2D eigenvalue weighted by molar-refractivity contribution is 7.13. The van der Waals surface area contributed by atoms with Gasteiger partial charge in [0, 0.05) is 35.2 Å². The molecule has 1 aliphatic heterocycles. The Labute approximate surface area is 210 Å². The molecule has 0 unspecified atom stereocenters. The van der Waals surface area contributed by atoms with Crippen LogP contribution in [0, 0.1) is 0 Å². The number of nitrogens with zero attached hydrogens (tertiary/aromatic N) is 1. The molecule has 1 fully saturated rings. The Morgan fingerprint density at radius 3 is 2.40 bits per heavy atom.